The molecule has 0 aliphatic rings. The molecule has 0 spiro atoms. The van der Waals surface area contributed by atoms with E-state index in [-0.39, 0.29) is 1.43 Å². The highest BCUT2D eigenvalue weighted by atomic mass is 19.4. The number of hydrogen-bond donors (Lipinski definition) is 0. The van der Waals surface area contributed by atoms with Crippen LogP contribution in [0.15, 0.2) is 72.8 Å². The first kappa shape index (κ1) is 59.5. The zero-order valence-corrected chi connectivity index (χ0v) is 36.4. The molecule has 4 aromatic carbocycles. The quantitative estimate of drug-likeness (QED) is 0.0953. The Morgan fingerprint density at radius 2 is 0.429 bits per heavy atom. The number of alkyl halides is 24. The van der Waals surface area contributed by atoms with Gasteiger partial charge in [0.1, 0.15) is 6.15 Å². The zero-order valence-electron chi connectivity index (χ0n) is 37.4. The number of rotatable bonds is 13. The highest BCUT2D eigenvalue weighted by Crippen LogP contribution is 2.41. The molecule has 0 atom stereocenters. The Morgan fingerprint density at radius 1 is 0.286 bits per heavy atom. The Labute approximate surface area is 385 Å². The molecule has 0 radical (unpaired) electrons. The molecule has 4 aromatic rings. The van der Waals surface area contributed by atoms with E-state index in [1.807, 2.05) is 0 Å². The number of halogens is 24. The molecule has 0 amide bonds. The fourth-order valence-corrected chi connectivity index (χ4v) is 7.55. The average molecular weight is 1050 g/mol. The third-order valence-corrected chi connectivity index (χ3v) is 10.9. The van der Waals surface area contributed by atoms with E-state index in [1.165, 1.54) is 58.2 Å². The van der Waals surface area contributed by atoms with Crippen LogP contribution in [0.4, 0.5) is 105 Å². The number of nitrogens with zero attached hydrogens (tertiary/aromatic N) is 1. The maximum atomic E-state index is 14.2. The van der Waals surface area contributed by atoms with Crippen molar-refractivity contribution >= 4 is 28.0 Å². The number of unbranched alkanes of at least 4 members (excludes halogenated alkanes) is 3. The van der Waals surface area contributed by atoms with Crippen molar-refractivity contribution in [3.8, 4) is 0 Å². The molecule has 4 rings (SSSR count). The highest BCUT2D eigenvalue weighted by molar-refractivity contribution is 7.20. The topological polar surface area (TPSA) is 3.24 Å². The maximum absolute atomic E-state index is 14.2. The summed E-state index contributed by atoms with van der Waals surface area (Å²) in [6.45, 7) is 10.8. The minimum absolute atomic E-state index is 0. The Hall–Kier alpha value is -4.78. The molecule has 0 aliphatic carbocycles. The van der Waals surface area contributed by atoms with Crippen LogP contribution in [-0.2, 0) is 49.4 Å². The summed E-state index contributed by atoms with van der Waals surface area (Å²) in [4.78, 5) is 2.64. The van der Waals surface area contributed by atoms with Crippen LogP contribution in [0.5, 0.6) is 0 Å². The third-order valence-electron chi connectivity index (χ3n) is 10.9. The van der Waals surface area contributed by atoms with Gasteiger partial charge in [-0.3, -0.25) is 0 Å². The molecule has 392 valence electrons. The Kier molecular flexibility index (Phi) is 18.3. The molecule has 0 bridgehead atoms. The fraction of sp³-hybridized carbons (Fsp3) is 0.455. The summed E-state index contributed by atoms with van der Waals surface area (Å²) in [6, 6.07) is -8.81. The van der Waals surface area contributed by atoms with Crippen molar-refractivity contribution in [2.45, 2.75) is 109 Å². The van der Waals surface area contributed by atoms with Gasteiger partial charge in [0.05, 0.1) is 44.5 Å². The first-order valence-electron chi connectivity index (χ1n) is 20.7. The van der Waals surface area contributed by atoms with Crippen LogP contribution in [-0.4, -0.2) is 30.7 Å². The van der Waals surface area contributed by atoms with Crippen LogP contribution in [0.2, 0.25) is 0 Å². The maximum Gasteiger partial charge on any atom is 1.00 e. The molecule has 0 N–H and O–H groups in total. The molecular formula is C44H40BF24N. The summed E-state index contributed by atoms with van der Waals surface area (Å²) in [6.07, 6.45) is -46.7. The molecule has 1 nitrogen and oxygen atoms in total. The molecule has 0 aliphatic heterocycles. The second-order valence-corrected chi connectivity index (χ2v) is 16.1. The second kappa shape index (κ2) is 21.5. The molecule has 0 aromatic heterocycles. The first-order chi connectivity index (χ1) is 31.6. The van der Waals surface area contributed by atoms with Crippen LogP contribution in [0.3, 0.4) is 0 Å². The van der Waals surface area contributed by atoms with Crippen LogP contribution >= 0.6 is 0 Å². The van der Waals surface area contributed by atoms with Gasteiger partial charge < -0.3 is 4.90 Å². The standard InChI is InChI=1S/C32H12BF24.C12H27N/c34-25(35,36)13-1-14(26(37,38)39)6-21(5-13)33(22-7-15(27(40,41)42)2-16(8-22)28(43,44)45,23-9-17(29(46,47)48)3-18(10-23)30(49,50)51)24-11-19(31(52,53)54)4-20(12-24)32(55,56)57;1-4-7-10-13(11-8-5-2)12-9-6-3/h1-12H;4-12H2,1-3H3/q-1;/p+1. The van der Waals surface area contributed by atoms with Gasteiger partial charge in [0, 0.05) is 0 Å². The fourth-order valence-electron chi connectivity index (χ4n) is 7.55. The smallest absolute Gasteiger partial charge is 0.303 e. The number of hydrogen-bond acceptors (Lipinski definition) is 1. The van der Waals surface area contributed by atoms with Crippen molar-refractivity contribution in [2.24, 2.45) is 0 Å². The van der Waals surface area contributed by atoms with Gasteiger partial charge in [-0.15, -0.1) is 0 Å². The lowest BCUT2D eigenvalue weighted by Gasteiger charge is -2.46. The van der Waals surface area contributed by atoms with Gasteiger partial charge in [-0.05, 0) is 63.2 Å². The molecule has 0 saturated heterocycles. The molecular weight excluding hydrogens is 1010 g/mol. The third kappa shape index (κ3) is 15.1. The van der Waals surface area contributed by atoms with Crippen molar-refractivity contribution in [1.82, 2.24) is 4.90 Å². The van der Waals surface area contributed by atoms with Crippen LogP contribution in [0.25, 0.3) is 0 Å². The average Bonchev–Trinajstić information content (AvgIpc) is 3.21. The summed E-state index contributed by atoms with van der Waals surface area (Å²) in [5.41, 5.74) is -30.2. The summed E-state index contributed by atoms with van der Waals surface area (Å²) in [5, 5.41) is 0. The molecule has 0 unspecified atom stereocenters. The van der Waals surface area contributed by atoms with Crippen LogP contribution in [0.1, 0.15) is 105 Å². The normalized spacial score (nSPS) is 13.7. The van der Waals surface area contributed by atoms with Gasteiger partial charge in [0.2, 0.25) is 0 Å². The predicted octanol–water partition coefficient (Wildman–Crippen LogP) is 15.0. The lowest BCUT2D eigenvalue weighted by atomic mass is 9.12. The monoisotopic (exact) mass is 1050 g/mol. The van der Waals surface area contributed by atoms with Gasteiger partial charge in [0.25, 0.3) is 0 Å². The van der Waals surface area contributed by atoms with Crippen molar-refractivity contribution < 1.29 is 107 Å². The zero-order chi connectivity index (χ0) is 53.9. The van der Waals surface area contributed by atoms with E-state index in [4.69, 9.17) is 0 Å². The lowest BCUT2D eigenvalue weighted by Crippen LogP contribution is -2.75. The van der Waals surface area contributed by atoms with Crippen LogP contribution in [0, 0.1) is 0 Å². The molecule has 0 saturated carbocycles. The summed E-state index contributed by atoms with van der Waals surface area (Å²) < 4.78 is 341. The largest absolute Gasteiger partial charge is 1.00 e. The molecule has 0 fully saturated rings. The van der Waals surface area contributed by atoms with Crippen molar-refractivity contribution in [3.05, 3.63) is 117 Å². The van der Waals surface area contributed by atoms with E-state index in [1.54, 1.807) is 0 Å². The summed E-state index contributed by atoms with van der Waals surface area (Å²) >= 11 is 0. The van der Waals surface area contributed by atoms with Gasteiger partial charge >= 0.3 is 50.8 Å². The first-order valence-corrected chi connectivity index (χ1v) is 20.7. The summed E-state index contributed by atoms with van der Waals surface area (Å²) in [5.74, 6) is 0. The van der Waals surface area contributed by atoms with E-state index < -0.39 is 195 Å². The molecule has 26 heteroatoms. The van der Waals surface area contributed by atoms with E-state index in [0.717, 1.165) is 0 Å². The van der Waals surface area contributed by atoms with Crippen molar-refractivity contribution in [2.75, 3.05) is 19.6 Å². The Bertz CT molecular complexity index is 1910. The van der Waals surface area contributed by atoms with E-state index >= 15 is 0 Å². The second-order valence-electron chi connectivity index (χ2n) is 16.1. The van der Waals surface area contributed by atoms with Gasteiger partial charge in [-0.1, -0.05) is 88.6 Å². The number of benzene rings is 4. The Morgan fingerprint density at radius 3 is 0.543 bits per heavy atom. The predicted molar refractivity (Wildman–Crippen MR) is 212 cm³/mol. The Balaban J connectivity index is 0.00000108. The van der Waals surface area contributed by atoms with Crippen molar-refractivity contribution in [1.29, 1.82) is 0 Å². The molecule has 0 heterocycles. The van der Waals surface area contributed by atoms with E-state index in [2.05, 4.69) is 25.7 Å². The van der Waals surface area contributed by atoms with Crippen molar-refractivity contribution in [3.63, 3.8) is 0 Å². The molecule has 70 heavy (non-hydrogen) atoms. The van der Waals surface area contributed by atoms with Gasteiger partial charge in [0.15, 0.2) is 0 Å². The van der Waals surface area contributed by atoms with Gasteiger partial charge in [-0.25, -0.2) is 0 Å². The van der Waals surface area contributed by atoms with E-state index in [9.17, 15) is 105 Å². The minimum atomic E-state index is -6.13. The SMILES string of the molecule is CCCCN(CCCC)CCCC.FC(F)(F)c1cc([B-](c2cc(C(F)(F)F)cc(C(F)(F)F)c2)(c2cc(C(F)(F)F)cc(C(F)(F)F)c2)c2cc(C(F)(F)F)cc(C(F)(F)F)c2)cc(C(F)(F)F)c1.[H+]. The highest BCUT2D eigenvalue weighted by Gasteiger charge is 2.47. The van der Waals surface area contributed by atoms with Gasteiger partial charge in [-0.2, -0.15) is 127 Å². The minimum Gasteiger partial charge on any atom is -0.303 e. The van der Waals surface area contributed by atoms with Crippen LogP contribution < -0.4 is 21.9 Å². The summed E-state index contributed by atoms with van der Waals surface area (Å²) in [7, 11) is 0. The van der Waals surface area contributed by atoms with E-state index in [0.29, 0.717) is 0 Å². The lowest BCUT2D eigenvalue weighted by molar-refractivity contribution is -0.144.